The Bertz CT molecular complexity index is 583. The summed E-state index contributed by atoms with van der Waals surface area (Å²) in [7, 11) is 0. The molecule has 0 spiro atoms. The number of benzene rings is 1. The van der Waals surface area contributed by atoms with Crippen molar-refractivity contribution in [3.63, 3.8) is 0 Å². The molecule has 3 nitrogen and oxygen atoms in total. The van der Waals surface area contributed by atoms with Crippen LogP contribution in [0.15, 0.2) is 24.3 Å². The number of carbonyl (C=O) groups is 1. The van der Waals surface area contributed by atoms with Crippen LogP contribution in [0, 0.1) is 5.41 Å². The zero-order chi connectivity index (χ0) is 15.4. The standard InChI is InChI=1S/C15H17F3N2O/c1-14(2)7-11(14)20-12(21)8-19-13(20)9-5-3-4-6-10(9)15(16,17)18/h3-6,11,13,19H,7-8H2,1-2H3. The molecule has 21 heavy (non-hydrogen) atoms. The first-order chi connectivity index (χ1) is 9.72. The lowest BCUT2D eigenvalue weighted by molar-refractivity contribution is -0.139. The number of alkyl halides is 3. The van der Waals surface area contributed by atoms with Gasteiger partial charge in [-0.05, 0) is 17.9 Å². The first-order valence-electron chi connectivity index (χ1n) is 6.92. The molecule has 1 N–H and O–H groups in total. The lowest BCUT2D eigenvalue weighted by Gasteiger charge is -2.28. The fraction of sp³-hybridized carbons (Fsp3) is 0.533. The van der Waals surface area contributed by atoms with Gasteiger partial charge in [0.05, 0.1) is 12.1 Å². The van der Waals surface area contributed by atoms with Gasteiger partial charge < -0.3 is 4.90 Å². The molecule has 1 aromatic rings. The lowest BCUT2D eigenvalue weighted by atomic mass is 10.0. The molecule has 0 radical (unpaired) electrons. The summed E-state index contributed by atoms with van der Waals surface area (Å²) in [6, 6.07) is 5.46. The molecule has 0 aromatic heterocycles. The Morgan fingerprint density at radius 3 is 2.48 bits per heavy atom. The Morgan fingerprint density at radius 1 is 1.29 bits per heavy atom. The highest BCUT2D eigenvalue weighted by molar-refractivity contribution is 5.82. The van der Waals surface area contributed by atoms with Gasteiger partial charge in [0.15, 0.2) is 0 Å². The minimum absolute atomic E-state index is 0.00582. The number of halogens is 3. The number of nitrogens with one attached hydrogen (secondary N) is 1. The average Bonchev–Trinajstić information content (AvgIpc) is 2.84. The molecule has 2 atom stereocenters. The fourth-order valence-corrected chi connectivity index (χ4v) is 3.04. The summed E-state index contributed by atoms with van der Waals surface area (Å²) in [6.45, 7) is 4.13. The van der Waals surface area contributed by atoms with Crippen LogP contribution in [0.2, 0.25) is 0 Å². The van der Waals surface area contributed by atoms with Crippen molar-refractivity contribution in [3.8, 4) is 0 Å². The molecule has 2 unspecified atom stereocenters. The van der Waals surface area contributed by atoms with E-state index in [4.69, 9.17) is 0 Å². The molecule has 1 heterocycles. The van der Waals surface area contributed by atoms with Crippen LogP contribution in [-0.2, 0) is 11.0 Å². The highest BCUT2D eigenvalue weighted by atomic mass is 19.4. The normalized spacial score (nSPS) is 28.0. The number of carbonyl (C=O) groups excluding carboxylic acids is 1. The lowest BCUT2D eigenvalue weighted by Crippen LogP contribution is -2.35. The van der Waals surface area contributed by atoms with E-state index in [9.17, 15) is 18.0 Å². The molecule has 1 aliphatic carbocycles. The Labute approximate surface area is 121 Å². The third-order valence-electron chi connectivity index (χ3n) is 4.37. The van der Waals surface area contributed by atoms with Crippen molar-refractivity contribution >= 4 is 5.91 Å². The maximum atomic E-state index is 13.2. The van der Waals surface area contributed by atoms with Crippen molar-refractivity contribution < 1.29 is 18.0 Å². The smallest absolute Gasteiger partial charge is 0.318 e. The monoisotopic (exact) mass is 298 g/mol. The molecule has 114 valence electrons. The van der Waals surface area contributed by atoms with Crippen molar-refractivity contribution in [2.45, 2.75) is 38.7 Å². The van der Waals surface area contributed by atoms with Crippen LogP contribution in [0.25, 0.3) is 0 Å². The van der Waals surface area contributed by atoms with Gasteiger partial charge in [-0.2, -0.15) is 13.2 Å². The van der Waals surface area contributed by atoms with Crippen molar-refractivity contribution in [1.29, 1.82) is 0 Å². The van der Waals surface area contributed by atoms with Crippen LogP contribution in [0.1, 0.15) is 37.6 Å². The Hall–Kier alpha value is -1.56. The second kappa shape index (κ2) is 4.47. The van der Waals surface area contributed by atoms with Crippen LogP contribution in [0.5, 0.6) is 0 Å². The second-order valence-electron chi connectivity index (χ2n) is 6.38. The van der Waals surface area contributed by atoms with Crippen LogP contribution in [0.4, 0.5) is 13.2 Å². The van der Waals surface area contributed by atoms with Crippen LogP contribution in [-0.4, -0.2) is 23.4 Å². The Morgan fingerprint density at radius 2 is 1.90 bits per heavy atom. The largest absolute Gasteiger partial charge is 0.416 e. The number of hydrogen-bond acceptors (Lipinski definition) is 2. The van der Waals surface area contributed by atoms with Crippen molar-refractivity contribution in [2.24, 2.45) is 5.41 Å². The van der Waals surface area contributed by atoms with E-state index in [1.807, 2.05) is 13.8 Å². The van der Waals surface area contributed by atoms with Crippen LogP contribution >= 0.6 is 0 Å². The molecule has 2 fully saturated rings. The zero-order valence-electron chi connectivity index (χ0n) is 11.9. The molecule has 1 amide bonds. The zero-order valence-corrected chi connectivity index (χ0v) is 11.9. The predicted octanol–water partition coefficient (Wildman–Crippen LogP) is 2.93. The predicted molar refractivity (Wildman–Crippen MR) is 71.2 cm³/mol. The van der Waals surface area contributed by atoms with Gasteiger partial charge in [-0.25, -0.2) is 0 Å². The highest BCUT2D eigenvalue weighted by Crippen LogP contribution is 2.52. The minimum Gasteiger partial charge on any atom is -0.318 e. The van der Waals surface area contributed by atoms with E-state index in [2.05, 4.69) is 5.32 Å². The van der Waals surface area contributed by atoms with Gasteiger partial charge in [0.2, 0.25) is 5.91 Å². The van der Waals surface area contributed by atoms with E-state index in [1.54, 1.807) is 11.0 Å². The molecule has 6 heteroatoms. The first-order valence-corrected chi connectivity index (χ1v) is 6.92. The molecule has 0 bridgehead atoms. The van der Waals surface area contributed by atoms with Gasteiger partial charge in [-0.3, -0.25) is 10.1 Å². The summed E-state index contributed by atoms with van der Waals surface area (Å²) in [5, 5.41) is 2.92. The maximum absolute atomic E-state index is 13.2. The highest BCUT2D eigenvalue weighted by Gasteiger charge is 2.55. The van der Waals surface area contributed by atoms with Gasteiger partial charge in [0, 0.05) is 11.6 Å². The van der Waals surface area contributed by atoms with Crippen molar-refractivity contribution in [1.82, 2.24) is 10.2 Å². The molecule has 1 aliphatic heterocycles. The molecule has 3 rings (SSSR count). The topological polar surface area (TPSA) is 32.3 Å². The Kier molecular flexibility index (Phi) is 3.06. The number of rotatable bonds is 2. The van der Waals surface area contributed by atoms with E-state index >= 15 is 0 Å². The van der Waals surface area contributed by atoms with E-state index < -0.39 is 17.9 Å². The molecular formula is C15H17F3N2O. The summed E-state index contributed by atoms with van der Waals surface area (Å²) in [4.78, 5) is 13.7. The fourth-order valence-electron chi connectivity index (χ4n) is 3.04. The molecule has 2 aliphatic rings. The third-order valence-corrected chi connectivity index (χ3v) is 4.37. The Balaban J connectivity index is 1.99. The second-order valence-corrected chi connectivity index (χ2v) is 6.38. The summed E-state index contributed by atoms with van der Waals surface area (Å²) in [5.41, 5.74) is -0.577. The van der Waals surface area contributed by atoms with Crippen molar-refractivity contribution in [2.75, 3.05) is 6.54 Å². The van der Waals surface area contributed by atoms with E-state index in [-0.39, 0.29) is 29.5 Å². The number of amides is 1. The summed E-state index contributed by atoms with van der Waals surface area (Å²) in [6.07, 6.45) is -4.29. The van der Waals surface area contributed by atoms with Crippen LogP contribution in [0.3, 0.4) is 0 Å². The van der Waals surface area contributed by atoms with Crippen molar-refractivity contribution in [3.05, 3.63) is 35.4 Å². The van der Waals surface area contributed by atoms with E-state index in [0.717, 1.165) is 12.5 Å². The number of nitrogens with zero attached hydrogens (tertiary/aromatic N) is 1. The molecule has 1 saturated carbocycles. The summed E-state index contributed by atoms with van der Waals surface area (Å²) >= 11 is 0. The molecule has 1 saturated heterocycles. The van der Waals surface area contributed by atoms with Gasteiger partial charge in [-0.15, -0.1) is 0 Å². The first kappa shape index (κ1) is 14.4. The SMILES string of the molecule is CC1(C)CC1N1C(=O)CNC1c1ccccc1C(F)(F)F. The van der Waals surface area contributed by atoms with Crippen LogP contribution < -0.4 is 5.32 Å². The van der Waals surface area contributed by atoms with Gasteiger partial charge in [0.1, 0.15) is 6.17 Å². The minimum atomic E-state index is -4.42. The third kappa shape index (κ3) is 2.41. The molecular weight excluding hydrogens is 281 g/mol. The maximum Gasteiger partial charge on any atom is 0.416 e. The quantitative estimate of drug-likeness (QED) is 0.910. The summed E-state index contributed by atoms with van der Waals surface area (Å²) in [5.74, 6) is -0.132. The van der Waals surface area contributed by atoms with Gasteiger partial charge in [0.25, 0.3) is 0 Å². The summed E-state index contributed by atoms with van der Waals surface area (Å²) < 4.78 is 39.5. The van der Waals surface area contributed by atoms with Gasteiger partial charge in [-0.1, -0.05) is 32.0 Å². The molecule has 1 aromatic carbocycles. The number of hydrogen-bond donors (Lipinski definition) is 1. The average molecular weight is 298 g/mol. The van der Waals surface area contributed by atoms with E-state index in [1.165, 1.54) is 12.1 Å². The van der Waals surface area contributed by atoms with Gasteiger partial charge >= 0.3 is 6.18 Å². The van der Waals surface area contributed by atoms with E-state index in [0.29, 0.717) is 0 Å².